The summed E-state index contributed by atoms with van der Waals surface area (Å²) in [5, 5.41) is 3.86. The second-order valence-corrected chi connectivity index (χ2v) is 5.30. The van der Waals surface area contributed by atoms with Crippen LogP contribution in [0.2, 0.25) is 5.02 Å². The van der Waals surface area contributed by atoms with Crippen LogP contribution in [0.1, 0.15) is 23.6 Å². The van der Waals surface area contributed by atoms with Gasteiger partial charge in [0, 0.05) is 37.8 Å². The molecule has 0 amide bonds. The first-order valence-electron chi connectivity index (χ1n) is 6.65. The van der Waals surface area contributed by atoms with Gasteiger partial charge in [0.1, 0.15) is 5.82 Å². The van der Waals surface area contributed by atoms with Gasteiger partial charge in [0.15, 0.2) is 0 Å². The lowest BCUT2D eigenvalue weighted by Gasteiger charge is -2.35. The third kappa shape index (κ3) is 3.16. The molecule has 1 atom stereocenters. The smallest absolute Gasteiger partial charge is 0.129 e. The topological polar surface area (TPSA) is 15.3 Å². The molecule has 0 aromatic heterocycles. The minimum atomic E-state index is -0.221. The van der Waals surface area contributed by atoms with E-state index in [9.17, 15) is 4.39 Å². The highest BCUT2D eigenvalue weighted by molar-refractivity contribution is 6.32. The molecule has 0 unspecified atom stereocenters. The normalized spacial score (nSPS) is 18.3. The zero-order valence-corrected chi connectivity index (χ0v) is 12.0. The second kappa shape index (κ2) is 6.51. The Balaban J connectivity index is 2.37. The average Bonchev–Trinajstić information content (AvgIpc) is 2.43. The fourth-order valence-electron chi connectivity index (χ4n) is 2.58. The lowest BCUT2D eigenvalue weighted by Crippen LogP contribution is -2.45. The highest BCUT2D eigenvalue weighted by Crippen LogP contribution is 2.34. The van der Waals surface area contributed by atoms with Crippen molar-refractivity contribution in [1.82, 2.24) is 10.2 Å². The average molecular weight is 283 g/mol. The summed E-state index contributed by atoms with van der Waals surface area (Å²) >= 11 is 6.33. The van der Waals surface area contributed by atoms with Gasteiger partial charge in [-0.3, -0.25) is 4.90 Å². The molecule has 4 heteroatoms. The molecule has 0 spiro atoms. The molecule has 1 heterocycles. The molecule has 19 heavy (non-hydrogen) atoms. The fourth-order valence-corrected chi connectivity index (χ4v) is 2.86. The van der Waals surface area contributed by atoms with Crippen molar-refractivity contribution in [2.24, 2.45) is 0 Å². The first-order chi connectivity index (χ1) is 9.15. The van der Waals surface area contributed by atoms with Gasteiger partial charge >= 0.3 is 0 Å². The van der Waals surface area contributed by atoms with Crippen LogP contribution in [0.15, 0.2) is 24.8 Å². The van der Waals surface area contributed by atoms with Gasteiger partial charge < -0.3 is 5.32 Å². The van der Waals surface area contributed by atoms with Gasteiger partial charge in [-0.15, -0.1) is 6.58 Å². The first kappa shape index (κ1) is 14.5. The van der Waals surface area contributed by atoms with E-state index >= 15 is 0 Å². The maximum atomic E-state index is 14.2. The summed E-state index contributed by atoms with van der Waals surface area (Å²) in [6.45, 7) is 9.37. The Morgan fingerprint density at radius 2 is 2.16 bits per heavy atom. The zero-order valence-electron chi connectivity index (χ0n) is 11.3. The summed E-state index contributed by atoms with van der Waals surface area (Å²) in [4.78, 5) is 2.28. The van der Waals surface area contributed by atoms with Crippen LogP contribution in [0.25, 0.3) is 0 Å². The standard InChI is InChI=1S/C15H20ClFN2/c1-3-4-13(19-9-7-18-8-10-19)14-12(17)6-5-11(2)15(14)16/h3,5-6,13,18H,1,4,7-10H2,2H3/t13-/m1/s1. The molecule has 2 rings (SSSR count). The highest BCUT2D eigenvalue weighted by Gasteiger charge is 2.26. The minimum absolute atomic E-state index is 0.0213. The molecular formula is C15H20ClFN2. The van der Waals surface area contributed by atoms with Crippen molar-refractivity contribution in [3.8, 4) is 0 Å². The van der Waals surface area contributed by atoms with E-state index in [1.165, 1.54) is 6.07 Å². The number of aryl methyl sites for hydroxylation is 1. The van der Waals surface area contributed by atoms with Gasteiger partial charge in [-0.2, -0.15) is 0 Å². The van der Waals surface area contributed by atoms with Crippen molar-refractivity contribution in [2.75, 3.05) is 26.2 Å². The van der Waals surface area contributed by atoms with Crippen LogP contribution >= 0.6 is 11.6 Å². The maximum absolute atomic E-state index is 14.2. The van der Waals surface area contributed by atoms with Gasteiger partial charge in [0.2, 0.25) is 0 Å². The summed E-state index contributed by atoms with van der Waals surface area (Å²) in [6, 6.07) is 3.21. The van der Waals surface area contributed by atoms with Crippen LogP contribution in [0.5, 0.6) is 0 Å². The van der Waals surface area contributed by atoms with E-state index < -0.39 is 0 Å². The van der Waals surface area contributed by atoms with E-state index in [0.717, 1.165) is 31.7 Å². The van der Waals surface area contributed by atoms with Crippen molar-refractivity contribution in [3.63, 3.8) is 0 Å². The molecule has 1 aliphatic rings. The van der Waals surface area contributed by atoms with E-state index in [1.54, 1.807) is 6.07 Å². The number of benzene rings is 1. The Labute approximate surface area is 119 Å². The Morgan fingerprint density at radius 3 is 2.79 bits per heavy atom. The van der Waals surface area contributed by atoms with Gasteiger partial charge in [0.25, 0.3) is 0 Å². The number of rotatable bonds is 4. The minimum Gasteiger partial charge on any atom is -0.314 e. The number of nitrogens with one attached hydrogen (secondary N) is 1. The summed E-state index contributed by atoms with van der Waals surface area (Å²) in [7, 11) is 0. The lowest BCUT2D eigenvalue weighted by atomic mass is 9.98. The molecule has 1 N–H and O–H groups in total. The molecule has 104 valence electrons. The lowest BCUT2D eigenvalue weighted by molar-refractivity contribution is 0.171. The fraction of sp³-hybridized carbons (Fsp3) is 0.467. The number of hydrogen-bond acceptors (Lipinski definition) is 2. The van der Waals surface area contributed by atoms with Crippen LogP contribution in [0, 0.1) is 12.7 Å². The van der Waals surface area contributed by atoms with E-state index in [4.69, 9.17) is 11.6 Å². The molecule has 0 radical (unpaired) electrons. The Hall–Kier alpha value is -0.900. The molecule has 1 aliphatic heterocycles. The SMILES string of the molecule is C=CC[C@H](c1c(F)ccc(C)c1Cl)N1CCNCC1. The van der Waals surface area contributed by atoms with Crippen molar-refractivity contribution < 1.29 is 4.39 Å². The number of piperazine rings is 1. The molecule has 0 bridgehead atoms. The third-order valence-electron chi connectivity index (χ3n) is 3.64. The maximum Gasteiger partial charge on any atom is 0.129 e. The van der Waals surface area contributed by atoms with Crippen LogP contribution < -0.4 is 5.32 Å². The Kier molecular flexibility index (Phi) is 4.97. The third-order valence-corrected chi connectivity index (χ3v) is 4.14. The predicted molar refractivity (Wildman–Crippen MR) is 78.1 cm³/mol. The number of hydrogen-bond donors (Lipinski definition) is 1. The predicted octanol–water partition coefficient (Wildman–Crippen LogP) is 3.31. The molecule has 1 saturated heterocycles. The summed E-state index contributed by atoms with van der Waals surface area (Å²) < 4.78 is 14.2. The molecule has 0 aliphatic carbocycles. The summed E-state index contributed by atoms with van der Waals surface area (Å²) in [5.74, 6) is -0.221. The van der Waals surface area contributed by atoms with Crippen molar-refractivity contribution in [3.05, 3.63) is 46.8 Å². The van der Waals surface area contributed by atoms with Gasteiger partial charge in [-0.1, -0.05) is 23.7 Å². The zero-order chi connectivity index (χ0) is 13.8. The van der Waals surface area contributed by atoms with E-state index in [2.05, 4.69) is 16.8 Å². The van der Waals surface area contributed by atoms with Crippen molar-refractivity contribution >= 4 is 11.6 Å². The van der Waals surface area contributed by atoms with Crippen LogP contribution in [-0.4, -0.2) is 31.1 Å². The largest absolute Gasteiger partial charge is 0.314 e. The van der Waals surface area contributed by atoms with Gasteiger partial charge in [0.05, 0.1) is 5.02 Å². The molecule has 2 nitrogen and oxygen atoms in total. The molecule has 1 aromatic carbocycles. The highest BCUT2D eigenvalue weighted by atomic mass is 35.5. The first-order valence-corrected chi connectivity index (χ1v) is 7.03. The van der Waals surface area contributed by atoms with Gasteiger partial charge in [-0.25, -0.2) is 4.39 Å². The molecule has 0 saturated carbocycles. The molecule has 1 aromatic rings. The Morgan fingerprint density at radius 1 is 1.47 bits per heavy atom. The number of halogens is 2. The van der Waals surface area contributed by atoms with Crippen LogP contribution in [0.3, 0.4) is 0 Å². The number of nitrogens with zero attached hydrogens (tertiary/aromatic N) is 1. The Bertz CT molecular complexity index is 456. The van der Waals surface area contributed by atoms with Crippen LogP contribution in [-0.2, 0) is 0 Å². The van der Waals surface area contributed by atoms with Crippen molar-refractivity contribution in [2.45, 2.75) is 19.4 Å². The van der Waals surface area contributed by atoms with E-state index in [1.807, 2.05) is 13.0 Å². The molecule has 1 fully saturated rings. The summed E-state index contributed by atoms with van der Waals surface area (Å²) in [6.07, 6.45) is 2.55. The quantitative estimate of drug-likeness (QED) is 0.853. The van der Waals surface area contributed by atoms with E-state index in [-0.39, 0.29) is 11.9 Å². The van der Waals surface area contributed by atoms with Crippen LogP contribution in [0.4, 0.5) is 4.39 Å². The monoisotopic (exact) mass is 282 g/mol. The summed E-state index contributed by atoms with van der Waals surface area (Å²) in [5.41, 5.74) is 1.53. The van der Waals surface area contributed by atoms with Gasteiger partial charge in [-0.05, 0) is 25.0 Å². The second-order valence-electron chi connectivity index (χ2n) is 4.92. The van der Waals surface area contributed by atoms with Crippen molar-refractivity contribution in [1.29, 1.82) is 0 Å². The van der Waals surface area contributed by atoms with E-state index in [0.29, 0.717) is 17.0 Å². The molecular weight excluding hydrogens is 263 g/mol.